The average Bonchev–Trinajstić information content (AvgIpc) is 2.64. The van der Waals surface area contributed by atoms with Gasteiger partial charge in [-0.25, -0.2) is 0 Å². The van der Waals surface area contributed by atoms with Gasteiger partial charge < -0.3 is 5.73 Å². The van der Waals surface area contributed by atoms with E-state index in [4.69, 9.17) is 17.3 Å². The van der Waals surface area contributed by atoms with Gasteiger partial charge in [-0.1, -0.05) is 11.3 Å². The summed E-state index contributed by atoms with van der Waals surface area (Å²) in [5.41, 5.74) is 5.69. The lowest BCUT2D eigenvalue weighted by Crippen LogP contribution is -2.37. The molecule has 2 N–H and O–H groups in total. The van der Waals surface area contributed by atoms with Gasteiger partial charge in [0.15, 0.2) is 0 Å². The molecule has 1 aromatic heterocycles. The zero-order chi connectivity index (χ0) is 10.7. The third-order valence-electron chi connectivity index (χ3n) is 2.74. The van der Waals surface area contributed by atoms with Gasteiger partial charge in [0.25, 0.3) is 0 Å². The van der Waals surface area contributed by atoms with Gasteiger partial charge in [0.2, 0.25) is 4.47 Å². The summed E-state index contributed by atoms with van der Waals surface area (Å²) in [5.74, 6) is 0.641. The van der Waals surface area contributed by atoms with Crippen molar-refractivity contribution in [1.82, 2.24) is 15.1 Å². The molecule has 4 nitrogen and oxygen atoms in total. The molecule has 0 saturated carbocycles. The van der Waals surface area contributed by atoms with Gasteiger partial charge in [0, 0.05) is 6.54 Å². The van der Waals surface area contributed by atoms with Crippen LogP contribution in [0.3, 0.4) is 0 Å². The summed E-state index contributed by atoms with van der Waals surface area (Å²) in [4.78, 5) is 2.39. The van der Waals surface area contributed by atoms with E-state index in [-0.39, 0.29) is 0 Å². The Labute approximate surface area is 98.4 Å². The maximum absolute atomic E-state index is 5.74. The fourth-order valence-electron chi connectivity index (χ4n) is 1.98. The van der Waals surface area contributed by atoms with Crippen molar-refractivity contribution < 1.29 is 0 Å². The Bertz CT molecular complexity index is 317. The van der Waals surface area contributed by atoms with Crippen molar-refractivity contribution in [3.8, 4) is 0 Å². The molecule has 1 saturated heterocycles. The van der Waals surface area contributed by atoms with E-state index in [2.05, 4.69) is 15.1 Å². The van der Waals surface area contributed by atoms with Crippen molar-refractivity contribution in [2.45, 2.75) is 19.4 Å². The van der Waals surface area contributed by atoms with Crippen molar-refractivity contribution in [2.75, 3.05) is 19.6 Å². The van der Waals surface area contributed by atoms with E-state index in [1.807, 2.05) is 0 Å². The molecular formula is C9H15ClN4S. The van der Waals surface area contributed by atoms with Gasteiger partial charge >= 0.3 is 0 Å². The maximum atomic E-state index is 5.74. The second kappa shape index (κ2) is 5.21. The van der Waals surface area contributed by atoms with Crippen LogP contribution in [0.5, 0.6) is 0 Å². The molecule has 6 heteroatoms. The van der Waals surface area contributed by atoms with E-state index in [0.29, 0.717) is 10.4 Å². The number of hydrogen-bond donors (Lipinski definition) is 1. The average molecular weight is 247 g/mol. The molecule has 1 aliphatic heterocycles. The molecule has 2 rings (SSSR count). The zero-order valence-electron chi connectivity index (χ0n) is 8.53. The first kappa shape index (κ1) is 11.3. The van der Waals surface area contributed by atoms with Crippen LogP contribution in [0.25, 0.3) is 0 Å². The lowest BCUT2D eigenvalue weighted by molar-refractivity contribution is 0.170. The third-order valence-corrected chi connectivity index (χ3v) is 3.74. The summed E-state index contributed by atoms with van der Waals surface area (Å²) in [7, 11) is 0. The predicted molar refractivity (Wildman–Crippen MR) is 62.0 cm³/mol. The maximum Gasteiger partial charge on any atom is 0.207 e. The molecule has 0 amide bonds. The van der Waals surface area contributed by atoms with Crippen molar-refractivity contribution in [3.05, 3.63) is 9.47 Å². The van der Waals surface area contributed by atoms with E-state index in [9.17, 15) is 0 Å². The third kappa shape index (κ3) is 3.11. The highest BCUT2D eigenvalue weighted by atomic mass is 35.5. The second-order valence-corrected chi connectivity index (χ2v) is 5.57. The highest BCUT2D eigenvalue weighted by Crippen LogP contribution is 2.20. The van der Waals surface area contributed by atoms with Gasteiger partial charge in [-0.2, -0.15) is 0 Å². The molecule has 1 aromatic rings. The lowest BCUT2D eigenvalue weighted by Gasteiger charge is -2.31. The summed E-state index contributed by atoms with van der Waals surface area (Å²) in [6, 6.07) is 0. The number of hydrogen-bond acceptors (Lipinski definition) is 5. The minimum atomic E-state index is 0.525. The van der Waals surface area contributed by atoms with Gasteiger partial charge in [-0.3, -0.25) is 4.90 Å². The molecule has 0 bridgehead atoms. The molecule has 15 heavy (non-hydrogen) atoms. The summed E-state index contributed by atoms with van der Waals surface area (Å²) in [5, 5.41) is 8.83. The standard InChI is InChI=1S/C9H15ClN4S/c10-9-13-12-8(15-9)6-14-3-1-2-7(4-11)5-14/h7H,1-6,11H2. The summed E-state index contributed by atoms with van der Waals surface area (Å²) in [6.45, 7) is 3.86. The summed E-state index contributed by atoms with van der Waals surface area (Å²) in [6.07, 6.45) is 2.48. The highest BCUT2D eigenvalue weighted by Gasteiger charge is 2.19. The molecule has 0 aromatic carbocycles. The fraction of sp³-hybridized carbons (Fsp3) is 0.778. The molecule has 1 aliphatic rings. The van der Waals surface area contributed by atoms with Crippen molar-refractivity contribution >= 4 is 22.9 Å². The summed E-state index contributed by atoms with van der Waals surface area (Å²) >= 11 is 7.20. The first-order chi connectivity index (χ1) is 7.28. The second-order valence-electron chi connectivity index (χ2n) is 3.93. The van der Waals surface area contributed by atoms with Crippen LogP contribution < -0.4 is 5.73 Å². The molecule has 1 atom stereocenters. The number of likely N-dealkylation sites (tertiary alicyclic amines) is 1. The molecule has 84 valence electrons. The van der Waals surface area contributed by atoms with E-state index in [0.717, 1.165) is 31.2 Å². The van der Waals surface area contributed by atoms with Crippen LogP contribution in [0.1, 0.15) is 17.8 Å². The first-order valence-electron chi connectivity index (χ1n) is 5.18. The first-order valence-corrected chi connectivity index (χ1v) is 6.37. The number of halogens is 1. The number of piperidine rings is 1. The van der Waals surface area contributed by atoms with Crippen LogP contribution >= 0.6 is 22.9 Å². The highest BCUT2D eigenvalue weighted by molar-refractivity contribution is 7.15. The van der Waals surface area contributed by atoms with Crippen molar-refractivity contribution in [1.29, 1.82) is 0 Å². The Morgan fingerprint density at radius 2 is 2.40 bits per heavy atom. The van der Waals surface area contributed by atoms with Crippen LogP contribution in [0, 0.1) is 5.92 Å². The number of rotatable bonds is 3. The van der Waals surface area contributed by atoms with Crippen LogP contribution in [0.4, 0.5) is 0 Å². The minimum Gasteiger partial charge on any atom is -0.330 e. The predicted octanol–water partition coefficient (Wildman–Crippen LogP) is 1.36. The van der Waals surface area contributed by atoms with Crippen LogP contribution in [-0.4, -0.2) is 34.7 Å². The number of nitrogens with two attached hydrogens (primary N) is 1. The van der Waals surface area contributed by atoms with E-state index in [1.54, 1.807) is 0 Å². The Hall–Kier alpha value is -0.230. The Kier molecular flexibility index (Phi) is 3.91. The Balaban J connectivity index is 1.88. The molecule has 0 spiro atoms. The zero-order valence-corrected chi connectivity index (χ0v) is 10.1. The van der Waals surface area contributed by atoms with Gasteiger partial charge in [-0.05, 0) is 43.5 Å². The molecule has 0 radical (unpaired) electrons. The smallest absolute Gasteiger partial charge is 0.207 e. The number of nitrogens with zero attached hydrogens (tertiary/aromatic N) is 3. The monoisotopic (exact) mass is 246 g/mol. The van der Waals surface area contributed by atoms with E-state index >= 15 is 0 Å². The normalized spacial score (nSPS) is 23.2. The van der Waals surface area contributed by atoms with E-state index < -0.39 is 0 Å². The van der Waals surface area contributed by atoms with E-state index in [1.165, 1.54) is 24.2 Å². The van der Waals surface area contributed by atoms with Crippen molar-refractivity contribution in [2.24, 2.45) is 11.7 Å². The Morgan fingerprint density at radius 3 is 3.07 bits per heavy atom. The molecule has 1 fully saturated rings. The van der Waals surface area contributed by atoms with Gasteiger partial charge in [0.1, 0.15) is 5.01 Å². The minimum absolute atomic E-state index is 0.525. The molecule has 0 aliphatic carbocycles. The molecule has 1 unspecified atom stereocenters. The van der Waals surface area contributed by atoms with Gasteiger partial charge in [-0.15, -0.1) is 10.2 Å². The largest absolute Gasteiger partial charge is 0.330 e. The lowest BCUT2D eigenvalue weighted by atomic mass is 9.98. The molecular weight excluding hydrogens is 232 g/mol. The fourth-order valence-corrected chi connectivity index (χ4v) is 2.89. The topological polar surface area (TPSA) is 55.0 Å². The van der Waals surface area contributed by atoms with Crippen LogP contribution in [0.15, 0.2) is 0 Å². The van der Waals surface area contributed by atoms with Crippen LogP contribution in [0.2, 0.25) is 4.47 Å². The number of aromatic nitrogens is 2. The summed E-state index contributed by atoms with van der Waals surface area (Å²) < 4.78 is 0.525. The van der Waals surface area contributed by atoms with Gasteiger partial charge in [0.05, 0.1) is 6.54 Å². The Morgan fingerprint density at radius 1 is 1.53 bits per heavy atom. The SMILES string of the molecule is NCC1CCCN(Cc2nnc(Cl)s2)C1. The quantitative estimate of drug-likeness (QED) is 0.875. The van der Waals surface area contributed by atoms with Crippen LogP contribution in [-0.2, 0) is 6.54 Å². The van der Waals surface area contributed by atoms with Crippen molar-refractivity contribution in [3.63, 3.8) is 0 Å². The molecule has 2 heterocycles.